The quantitative estimate of drug-likeness (QED) is 0.446. The Labute approximate surface area is 228 Å². The second-order valence-corrected chi connectivity index (χ2v) is 11.6. The Balaban J connectivity index is 1.30. The number of fused-ring (bicyclic) bond motifs is 3. The molecule has 206 valence electrons. The third-order valence-corrected chi connectivity index (χ3v) is 8.60. The molecule has 1 saturated carbocycles. The predicted octanol–water partition coefficient (Wildman–Crippen LogP) is 3.95. The number of ether oxygens (including phenoxy) is 1. The van der Waals surface area contributed by atoms with E-state index in [0.717, 1.165) is 53.9 Å². The Morgan fingerprint density at radius 1 is 1.10 bits per heavy atom. The molecule has 2 unspecified atom stereocenters. The first kappa shape index (κ1) is 25.7. The lowest BCUT2D eigenvalue weighted by Gasteiger charge is -2.39. The van der Waals surface area contributed by atoms with Crippen molar-refractivity contribution in [1.82, 2.24) is 20.2 Å². The second kappa shape index (κ2) is 10.2. The Kier molecular flexibility index (Phi) is 6.74. The van der Waals surface area contributed by atoms with Crippen LogP contribution in [0.4, 0.5) is 27.4 Å². The van der Waals surface area contributed by atoms with Crippen LogP contribution in [0, 0.1) is 23.6 Å². The van der Waals surface area contributed by atoms with Crippen molar-refractivity contribution in [3.63, 3.8) is 0 Å². The van der Waals surface area contributed by atoms with Gasteiger partial charge in [0.15, 0.2) is 0 Å². The van der Waals surface area contributed by atoms with Gasteiger partial charge < -0.3 is 25.0 Å². The molecule has 1 aliphatic carbocycles. The van der Waals surface area contributed by atoms with Crippen LogP contribution in [0.3, 0.4) is 0 Å². The molecule has 0 radical (unpaired) electrons. The van der Waals surface area contributed by atoms with Crippen LogP contribution in [0.25, 0.3) is 0 Å². The van der Waals surface area contributed by atoms with Crippen LogP contribution in [0.15, 0.2) is 36.5 Å². The van der Waals surface area contributed by atoms with E-state index in [1.54, 1.807) is 7.11 Å². The van der Waals surface area contributed by atoms with E-state index in [2.05, 4.69) is 39.2 Å². The summed E-state index contributed by atoms with van der Waals surface area (Å²) in [5, 5.41) is 21.1. The minimum Gasteiger partial charge on any atom is -0.480 e. The Morgan fingerprint density at radius 3 is 2.54 bits per heavy atom. The van der Waals surface area contributed by atoms with Crippen molar-refractivity contribution in [3.05, 3.63) is 53.7 Å². The highest BCUT2D eigenvalue weighted by molar-refractivity contribution is 5.74. The fourth-order valence-electron chi connectivity index (χ4n) is 6.79. The zero-order valence-corrected chi connectivity index (χ0v) is 22.8. The van der Waals surface area contributed by atoms with Crippen LogP contribution in [0.2, 0.25) is 0 Å². The summed E-state index contributed by atoms with van der Waals surface area (Å²) in [6.07, 6.45) is 5.00. The molecule has 9 nitrogen and oxygen atoms in total. The minimum atomic E-state index is -0.256. The zero-order chi connectivity index (χ0) is 27.1. The maximum atomic E-state index is 13.7. The lowest BCUT2D eigenvalue weighted by atomic mass is 9.82. The van der Waals surface area contributed by atoms with Crippen LogP contribution < -0.4 is 19.9 Å². The van der Waals surface area contributed by atoms with Crippen LogP contribution in [-0.2, 0) is 11.8 Å². The number of nitrogens with zero attached hydrogens (tertiary/aromatic N) is 6. The van der Waals surface area contributed by atoms with E-state index in [1.807, 2.05) is 24.4 Å². The molecule has 1 saturated heterocycles. The van der Waals surface area contributed by atoms with Gasteiger partial charge in [0.1, 0.15) is 23.3 Å². The monoisotopic (exact) mass is 533 g/mol. The Bertz CT molecular complexity index is 1320. The van der Waals surface area contributed by atoms with Crippen LogP contribution in [-0.4, -0.2) is 65.2 Å². The molecule has 2 fully saturated rings. The van der Waals surface area contributed by atoms with Gasteiger partial charge in [-0.1, -0.05) is 13.8 Å². The first-order valence-corrected chi connectivity index (χ1v) is 13.8. The molecule has 10 heteroatoms. The maximum Gasteiger partial charge on any atom is 0.235 e. The number of aliphatic hydroxyl groups is 1. The summed E-state index contributed by atoms with van der Waals surface area (Å²) in [6.45, 7) is 7.45. The number of piperidine rings is 1. The van der Waals surface area contributed by atoms with Crippen LogP contribution >= 0.6 is 0 Å². The summed E-state index contributed by atoms with van der Waals surface area (Å²) in [6, 6.07) is 8.56. The van der Waals surface area contributed by atoms with Gasteiger partial charge in [0.05, 0.1) is 25.6 Å². The second-order valence-electron chi connectivity index (χ2n) is 11.6. The van der Waals surface area contributed by atoms with Gasteiger partial charge in [-0.25, -0.2) is 14.4 Å². The molecular formula is C29H36FN7O2. The first-order chi connectivity index (χ1) is 18.9. The van der Waals surface area contributed by atoms with Gasteiger partial charge in [-0.3, -0.25) is 0 Å². The smallest absolute Gasteiger partial charge is 0.235 e. The van der Waals surface area contributed by atoms with Crippen molar-refractivity contribution in [1.29, 1.82) is 0 Å². The minimum absolute atomic E-state index is 0.0213. The number of methoxy groups -OCH3 is 1. The highest BCUT2D eigenvalue weighted by Gasteiger charge is 2.44. The molecular weight excluding hydrogens is 497 g/mol. The van der Waals surface area contributed by atoms with E-state index < -0.39 is 0 Å². The number of hydrogen-bond donors (Lipinski definition) is 2. The first-order valence-electron chi connectivity index (χ1n) is 13.8. The Morgan fingerprint density at radius 2 is 1.85 bits per heavy atom. The van der Waals surface area contributed by atoms with Crippen molar-refractivity contribution < 1.29 is 14.2 Å². The molecule has 3 aliphatic rings. The number of rotatable bonds is 8. The molecule has 2 aromatic heterocycles. The van der Waals surface area contributed by atoms with E-state index >= 15 is 0 Å². The summed E-state index contributed by atoms with van der Waals surface area (Å²) in [4.78, 5) is 14.8. The molecule has 6 rings (SSSR count). The van der Waals surface area contributed by atoms with Crippen molar-refractivity contribution in [2.45, 2.75) is 38.5 Å². The van der Waals surface area contributed by atoms with E-state index in [4.69, 9.17) is 14.7 Å². The lowest BCUT2D eigenvalue weighted by molar-refractivity contribution is 0.265. The molecule has 4 heterocycles. The van der Waals surface area contributed by atoms with Crippen molar-refractivity contribution in [2.75, 3.05) is 55.0 Å². The lowest BCUT2D eigenvalue weighted by Crippen LogP contribution is -2.43. The van der Waals surface area contributed by atoms with E-state index in [1.165, 1.54) is 25.0 Å². The van der Waals surface area contributed by atoms with Crippen molar-refractivity contribution in [2.24, 2.45) is 17.8 Å². The van der Waals surface area contributed by atoms with Gasteiger partial charge in [0.25, 0.3) is 0 Å². The number of nitrogens with one attached hydrogen (secondary N) is 1. The van der Waals surface area contributed by atoms with Gasteiger partial charge in [0.2, 0.25) is 5.88 Å². The molecule has 0 spiro atoms. The molecule has 3 aromatic rings. The molecule has 2 bridgehead atoms. The van der Waals surface area contributed by atoms with Gasteiger partial charge in [-0.05, 0) is 54.9 Å². The highest BCUT2D eigenvalue weighted by Crippen LogP contribution is 2.48. The van der Waals surface area contributed by atoms with E-state index in [0.29, 0.717) is 36.7 Å². The molecule has 2 atom stereocenters. The average molecular weight is 534 g/mol. The normalized spacial score (nSPS) is 23.2. The summed E-state index contributed by atoms with van der Waals surface area (Å²) >= 11 is 0. The van der Waals surface area contributed by atoms with Crippen LogP contribution in [0.5, 0.6) is 5.88 Å². The predicted molar refractivity (Wildman–Crippen MR) is 148 cm³/mol. The highest BCUT2D eigenvalue weighted by atomic mass is 19.1. The fourth-order valence-corrected chi connectivity index (χ4v) is 6.79. The van der Waals surface area contributed by atoms with Crippen molar-refractivity contribution in [3.8, 4) is 5.88 Å². The number of aromatic nitrogens is 4. The standard InChI is InChI=1S/C29H36FN7O2/c1-29(2)17-37(21-8-6-20(30)7-9-21)28-26(29)27(31-10-11-38)33-24(34-28)13-23-18-4-5-19(23)16-36(15-18)22-12-25(39-3)35-32-14-22/h6-9,12,14,18-19,23,38H,4-5,10-11,13,15-17H2,1-3H3,(H,31,33,34). The summed E-state index contributed by atoms with van der Waals surface area (Å²) in [5.74, 6) is 4.34. The third kappa shape index (κ3) is 4.86. The summed E-state index contributed by atoms with van der Waals surface area (Å²) in [5.41, 5.74) is 2.79. The van der Waals surface area contributed by atoms with Crippen molar-refractivity contribution >= 4 is 23.0 Å². The molecule has 2 aliphatic heterocycles. The zero-order valence-electron chi connectivity index (χ0n) is 22.8. The third-order valence-electron chi connectivity index (χ3n) is 8.60. The topological polar surface area (TPSA) is 99.5 Å². The largest absolute Gasteiger partial charge is 0.480 e. The van der Waals surface area contributed by atoms with Gasteiger partial charge >= 0.3 is 0 Å². The number of aliphatic hydroxyl groups excluding tert-OH is 1. The van der Waals surface area contributed by atoms with Gasteiger partial charge in [-0.2, -0.15) is 5.10 Å². The SMILES string of the molecule is COc1cc(N2CC3CCC(C2)C3Cc2nc(NCCO)c3c(n2)N(c2ccc(F)cc2)CC3(C)C)cnn1. The fraction of sp³-hybridized carbons (Fsp3) is 0.517. The summed E-state index contributed by atoms with van der Waals surface area (Å²) in [7, 11) is 1.61. The average Bonchev–Trinajstić information content (AvgIpc) is 3.33. The van der Waals surface area contributed by atoms with Gasteiger partial charge in [0, 0.05) is 55.3 Å². The maximum absolute atomic E-state index is 13.7. The molecule has 39 heavy (non-hydrogen) atoms. The molecule has 0 amide bonds. The number of hydrogen-bond acceptors (Lipinski definition) is 9. The number of benzene rings is 1. The van der Waals surface area contributed by atoms with E-state index in [9.17, 15) is 9.50 Å². The summed E-state index contributed by atoms with van der Waals surface area (Å²) < 4.78 is 19.0. The Hall–Kier alpha value is -3.53. The molecule has 1 aromatic carbocycles. The number of halogens is 1. The van der Waals surface area contributed by atoms with E-state index in [-0.39, 0.29) is 17.8 Å². The van der Waals surface area contributed by atoms with Crippen LogP contribution in [0.1, 0.15) is 38.1 Å². The van der Waals surface area contributed by atoms with Gasteiger partial charge in [-0.15, -0.1) is 5.10 Å². The number of anilines is 4. The molecule has 2 N–H and O–H groups in total.